The molecular weight excluding hydrogens is 366 g/mol. The number of thioether (sulfide) groups is 2. The van der Waals surface area contributed by atoms with Gasteiger partial charge in [0.05, 0.1) is 11.7 Å². The van der Waals surface area contributed by atoms with E-state index in [0.29, 0.717) is 16.1 Å². The Morgan fingerprint density at radius 1 is 1.08 bits per heavy atom. The third-order valence-corrected chi connectivity index (χ3v) is 7.34. The lowest BCUT2D eigenvalue weighted by atomic mass is 10.1. The lowest BCUT2D eigenvalue weighted by Gasteiger charge is -2.14. The molecule has 1 amide bonds. The van der Waals surface area contributed by atoms with E-state index in [-0.39, 0.29) is 12.5 Å². The van der Waals surface area contributed by atoms with Crippen LogP contribution in [0.3, 0.4) is 0 Å². The standard InChI is InChI=1S/C20H23NO3S2/c1-13-4-6-16(10-14(13)2)21-19(22)12-24-17-7-5-15(11-18(17)23-3)20-25-8-9-26-20/h4-7,10-11,20H,8-9,12H2,1-3H3,(H,21,22). The molecule has 0 aromatic heterocycles. The van der Waals surface area contributed by atoms with Crippen LogP contribution in [0.4, 0.5) is 5.69 Å². The second-order valence-corrected chi connectivity index (χ2v) is 8.84. The van der Waals surface area contributed by atoms with E-state index in [1.54, 1.807) is 7.11 Å². The SMILES string of the molecule is COc1cc(C2SCCS2)ccc1OCC(=O)Nc1ccc(C)c(C)c1. The summed E-state index contributed by atoms with van der Waals surface area (Å²) in [7, 11) is 1.62. The lowest BCUT2D eigenvalue weighted by Crippen LogP contribution is -2.20. The van der Waals surface area contributed by atoms with Gasteiger partial charge in [0.15, 0.2) is 18.1 Å². The highest BCUT2D eigenvalue weighted by Crippen LogP contribution is 2.46. The molecular formula is C20H23NO3S2. The van der Waals surface area contributed by atoms with Crippen molar-refractivity contribution in [1.82, 2.24) is 0 Å². The largest absolute Gasteiger partial charge is 0.493 e. The molecule has 1 saturated heterocycles. The minimum atomic E-state index is -0.193. The Labute approximate surface area is 163 Å². The Hall–Kier alpha value is -1.79. The Morgan fingerprint density at radius 3 is 2.54 bits per heavy atom. The van der Waals surface area contributed by atoms with Gasteiger partial charge in [-0.2, -0.15) is 0 Å². The van der Waals surface area contributed by atoms with Crippen molar-refractivity contribution in [2.24, 2.45) is 0 Å². The first-order valence-electron chi connectivity index (χ1n) is 8.48. The molecule has 1 fully saturated rings. The Morgan fingerprint density at radius 2 is 1.85 bits per heavy atom. The number of aryl methyl sites for hydroxylation is 2. The zero-order valence-corrected chi connectivity index (χ0v) is 16.8. The van der Waals surface area contributed by atoms with Crippen molar-refractivity contribution >= 4 is 35.1 Å². The van der Waals surface area contributed by atoms with E-state index < -0.39 is 0 Å². The summed E-state index contributed by atoms with van der Waals surface area (Å²) in [5.74, 6) is 3.40. The highest BCUT2D eigenvalue weighted by Gasteiger charge is 2.20. The zero-order chi connectivity index (χ0) is 18.5. The van der Waals surface area contributed by atoms with Crippen molar-refractivity contribution in [1.29, 1.82) is 0 Å². The predicted molar refractivity (Wildman–Crippen MR) is 111 cm³/mol. The van der Waals surface area contributed by atoms with Crippen LogP contribution in [-0.2, 0) is 4.79 Å². The number of rotatable bonds is 6. The summed E-state index contributed by atoms with van der Waals surface area (Å²) in [5, 5.41) is 2.86. The second-order valence-electron chi connectivity index (χ2n) is 6.12. The normalized spacial score (nSPS) is 14.3. The molecule has 0 saturated carbocycles. The fourth-order valence-corrected chi connectivity index (χ4v) is 5.50. The Bertz CT molecular complexity index is 789. The summed E-state index contributed by atoms with van der Waals surface area (Å²) in [6.07, 6.45) is 0. The molecule has 6 heteroatoms. The van der Waals surface area contributed by atoms with Crippen molar-refractivity contribution in [2.45, 2.75) is 18.4 Å². The molecule has 0 radical (unpaired) electrons. The van der Waals surface area contributed by atoms with Gasteiger partial charge in [-0.25, -0.2) is 0 Å². The van der Waals surface area contributed by atoms with Gasteiger partial charge in [-0.1, -0.05) is 12.1 Å². The number of carbonyl (C=O) groups excluding carboxylic acids is 1. The maximum atomic E-state index is 12.2. The van der Waals surface area contributed by atoms with E-state index in [1.165, 1.54) is 22.6 Å². The molecule has 0 bridgehead atoms. The maximum Gasteiger partial charge on any atom is 0.262 e. The van der Waals surface area contributed by atoms with Crippen LogP contribution in [-0.4, -0.2) is 31.1 Å². The molecule has 3 rings (SSSR count). The predicted octanol–water partition coefficient (Wildman–Crippen LogP) is 4.81. The molecule has 2 aromatic rings. The van der Waals surface area contributed by atoms with Gasteiger partial charge < -0.3 is 14.8 Å². The molecule has 1 aliphatic rings. The molecule has 0 atom stereocenters. The fraction of sp³-hybridized carbons (Fsp3) is 0.350. The fourth-order valence-electron chi connectivity index (χ4n) is 2.66. The van der Waals surface area contributed by atoms with Crippen molar-refractivity contribution in [3.63, 3.8) is 0 Å². The van der Waals surface area contributed by atoms with Crippen LogP contribution in [0.1, 0.15) is 21.3 Å². The van der Waals surface area contributed by atoms with E-state index in [4.69, 9.17) is 9.47 Å². The summed E-state index contributed by atoms with van der Waals surface area (Å²) in [6.45, 7) is 4.01. The molecule has 1 heterocycles. The van der Waals surface area contributed by atoms with Crippen molar-refractivity contribution in [3.05, 3.63) is 53.1 Å². The number of hydrogen-bond acceptors (Lipinski definition) is 5. The molecule has 4 nitrogen and oxygen atoms in total. The minimum absolute atomic E-state index is 0.0600. The quantitative estimate of drug-likeness (QED) is 0.768. The number of anilines is 1. The third-order valence-electron chi connectivity index (χ3n) is 4.23. The topological polar surface area (TPSA) is 47.6 Å². The molecule has 2 aromatic carbocycles. The van der Waals surface area contributed by atoms with Crippen molar-refractivity contribution < 1.29 is 14.3 Å². The average Bonchev–Trinajstić information content (AvgIpc) is 3.17. The molecule has 26 heavy (non-hydrogen) atoms. The van der Waals surface area contributed by atoms with Crippen LogP contribution in [0.25, 0.3) is 0 Å². The Balaban J connectivity index is 1.61. The number of carbonyl (C=O) groups is 1. The van der Waals surface area contributed by atoms with E-state index in [9.17, 15) is 4.79 Å². The summed E-state index contributed by atoms with van der Waals surface area (Å²) in [6, 6.07) is 11.8. The summed E-state index contributed by atoms with van der Waals surface area (Å²) in [4.78, 5) is 12.2. The number of hydrogen-bond donors (Lipinski definition) is 1. The molecule has 138 valence electrons. The van der Waals surface area contributed by atoms with Crippen LogP contribution >= 0.6 is 23.5 Å². The number of ether oxygens (including phenoxy) is 2. The first-order valence-corrected chi connectivity index (χ1v) is 10.6. The highest BCUT2D eigenvalue weighted by molar-refractivity contribution is 8.19. The van der Waals surface area contributed by atoms with Gasteiger partial charge in [0.1, 0.15) is 0 Å². The van der Waals surface area contributed by atoms with Gasteiger partial charge in [0.2, 0.25) is 0 Å². The number of methoxy groups -OCH3 is 1. The van der Waals surface area contributed by atoms with Gasteiger partial charge in [0.25, 0.3) is 5.91 Å². The summed E-state index contributed by atoms with van der Waals surface area (Å²) in [5.41, 5.74) is 4.34. The van der Waals surface area contributed by atoms with Crippen LogP contribution in [0, 0.1) is 13.8 Å². The highest BCUT2D eigenvalue weighted by atomic mass is 32.2. The average molecular weight is 390 g/mol. The lowest BCUT2D eigenvalue weighted by molar-refractivity contribution is -0.118. The van der Waals surface area contributed by atoms with Crippen LogP contribution in [0.15, 0.2) is 36.4 Å². The van der Waals surface area contributed by atoms with Gasteiger partial charge >= 0.3 is 0 Å². The van der Waals surface area contributed by atoms with Crippen molar-refractivity contribution in [2.75, 3.05) is 30.5 Å². The van der Waals surface area contributed by atoms with E-state index >= 15 is 0 Å². The zero-order valence-electron chi connectivity index (χ0n) is 15.2. The first kappa shape index (κ1) is 19.0. The summed E-state index contributed by atoms with van der Waals surface area (Å²) >= 11 is 3.89. The van der Waals surface area contributed by atoms with E-state index in [2.05, 4.69) is 11.4 Å². The van der Waals surface area contributed by atoms with Gasteiger partial charge in [-0.3, -0.25) is 4.79 Å². The van der Waals surface area contributed by atoms with Gasteiger partial charge in [-0.15, -0.1) is 23.5 Å². The summed E-state index contributed by atoms with van der Waals surface area (Å²) < 4.78 is 11.6. The van der Waals surface area contributed by atoms with Gasteiger partial charge in [-0.05, 0) is 54.8 Å². The molecule has 0 unspecified atom stereocenters. The number of nitrogens with one attached hydrogen (secondary N) is 1. The Kier molecular flexibility index (Phi) is 6.38. The van der Waals surface area contributed by atoms with E-state index in [0.717, 1.165) is 11.3 Å². The smallest absolute Gasteiger partial charge is 0.262 e. The van der Waals surface area contributed by atoms with Crippen molar-refractivity contribution in [3.8, 4) is 11.5 Å². The maximum absolute atomic E-state index is 12.2. The van der Waals surface area contributed by atoms with Crippen LogP contribution in [0.2, 0.25) is 0 Å². The second kappa shape index (κ2) is 8.73. The number of benzene rings is 2. The monoisotopic (exact) mass is 389 g/mol. The molecule has 0 aliphatic carbocycles. The minimum Gasteiger partial charge on any atom is -0.493 e. The third kappa shape index (κ3) is 4.68. The van der Waals surface area contributed by atoms with Crippen LogP contribution < -0.4 is 14.8 Å². The number of amides is 1. The van der Waals surface area contributed by atoms with E-state index in [1.807, 2.05) is 67.7 Å². The van der Waals surface area contributed by atoms with Crippen LogP contribution in [0.5, 0.6) is 11.5 Å². The van der Waals surface area contributed by atoms with Gasteiger partial charge in [0, 0.05) is 17.2 Å². The molecule has 0 spiro atoms. The molecule has 1 N–H and O–H groups in total. The molecule has 1 aliphatic heterocycles. The first-order chi connectivity index (χ1) is 12.6.